The molecule has 0 unspecified atom stereocenters. The van der Waals surface area contributed by atoms with Gasteiger partial charge in [-0.25, -0.2) is 9.50 Å². The van der Waals surface area contributed by atoms with Crippen molar-refractivity contribution in [2.45, 2.75) is 33.2 Å². The molecule has 4 aromatic rings. The van der Waals surface area contributed by atoms with E-state index >= 15 is 0 Å². The summed E-state index contributed by atoms with van der Waals surface area (Å²) in [7, 11) is 0. The van der Waals surface area contributed by atoms with E-state index in [0.717, 1.165) is 58.9 Å². The molecule has 0 fully saturated rings. The molecule has 0 radical (unpaired) electrons. The SMILES string of the molecule is Cc1ccc(-c2nn3c(c2-c2ccc4ncnn4c2/C=C/C(N)=O)CCC3)nc1C. The molecule has 5 rings (SSSR count). The number of nitrogens with two attached hydrogens (primary N) is 1. The zero-order chi connectivity index (χ0) is 20.8. The molecule has 8 nitrogen and oxygen atoms in total. The van der Waals surface area contributed by atoms with Crippen molar-refractivity contribution in [1.82, 2.24) is 29.4 Å². The van der Waals surface area contributed by atoms with E-state index < -0.39 is 5.91 Å². The van der Waals surface area contributed by atoms with Gasteiger partial charge in [-0.05, 0) is 56.5 Å². The summed E-state index contributed by atoms with van der Waals surface area (Å²) in [6.45, 7) is 4.93. The van der Waals surface area contributed by atoms with Gasteiger partial charge >= 0.3 is 0 Å². The highest BCUT2D eigenvalue weighted by Gasteiger charge is 2.26. The Hall–Kier alpha value is -3.81. The number of primary amides is 1. The monoisotopic (exact) mass is 399 g/mol. The lowest BCUT2D eigenvalue weighted by molar-refractivity contribution is -0.113. The van der Waals surface area contributed by atoms with Crippen molar-refractivity contribution in [2.24, 2.45) is 5.73 Å². The van der Waals surface area contributed by atoms with Crippen LogP contribution in [-0.4, -0.2) is 35.3 Å². The maximum atomic E-state index is 11.5. The first kappa shape index (κ1) is 18.2. The molecule has 1 aliphatic rings. The van der Waals surface area contributed by atoms with Crippen LogP contribution in [-0.2, 0) is 17.8 Å². The lowest BCUT2D eigenvalue weighted by Crippen LogP contribution is -2.06. The van der Waals surface area contributed by atoms with Crippen molar-refractivity contribution < 1.29 is 4.79 Å². The van der Waals surface area contributed by atoms with Gasteiger partial charge in [-0.1, -0.05) is 6.07 Å². The Morgan fingerprint density at radius 2 is 2.07 bits per heavy atom. The predicted octanol–water partition coefficient (Wildman–Crippen LogP) is 2.72. The highest BCUT2D eigenvalue weighted by molar-refractivity contribution is 5.93. The van der Waals surface area contributed by atoms with E-state index in [4.69, 9.17) is 15.8 Å². The van der Waals surface area contributed by atoms with Gasteiger partial charge in [-0.3, -0.25) is 14.5 Å². The largest absolute Gasteiger partial charge is 0.366 e. The minimum absolute atomic E-state index is 0.519. The zero-order valence-corrected chi connectivity index (χ0v) is 16.8. The molecule has 30 heavy (non-hydrogen) atoms. The van der Waals surface area contributed by atoms with E-state index in [-0.39, 0.29) is 0 Å². The molecule has 0 aliphatic carbocycles. The molecule has 0 aromatic carbocycles. The average Bonchev–Trinajstić information content (AvgIpc) is 3.43. The van der Waals surface area contributed by atoms with E-state index in [0.29, 0.717) is 5.65 Å². The number of carbonyl (C=O) groups is 1. The predicted molar refractivity (Wildman–Crippen MR) is 113 cm³/mol. The molecule has 1 amide bonds. The summed E-state index contributed by atoms with van der Waals surface area (Å²) >= 11 is 0. The topological polar surface area (TPSA) is 104 Å². The van der Waals surface area contributed by atoms with Crippen molar-refractivity contribution in [3.63, 3.8) is 0 Å². The third kappa shape index (κ3) is 2.88. The molecular formula is C22H21N7O. The smallest absolute Gasteiger partial charge is 0.241 e. The standard InChI is InChI=1S/C22H21N7O/c1-13-5-7-16(26-14(13)2)22-21(18-4-3-11-28(18)27-22)15-6-10-20-24-12-25-29(20)17(15)8-9-19(23)30/h5-10,12H,3-4,11H2,1-2H3,(H2,23,30)/b9-8+. The molecule has 8 heteroatoms. The van der Waals surface area contributed by atoms with E-state index in [1.54, 1.807) is 10.6 Å². The van der Waals surface area contributed by atoms with Gasteiger partial charge in [0.2, 0.25) is 5.91 Å². The number of aromatic nitrogens is 6. The maximum Gasteiger partial charge on any atom is 0.241 e. The average molecular weight is 399 g/mol. The summed E-state index contributed by atoms with van der Waals surface area (Å²) < 4.78 is 3.78. The van der Waals surface area contributed by atoms with Crippen LogP contribution in [0.25, 0.3) is 34.2 Å². The third-order valence-electron chi connectivity index (χ3n) is 5.59. The van der Waals surface area contributed by atoms with Gasteiger partial charge in [0.25, 0.3) is 0 Å². The molecule has 2 N–H and O–H groups in total. The molecule has 0 saturated carbocycles. The van der Waals surface area contributed by atoms with Gasteiger partial charge in [-0.15, -0.1) is 0 Å². The number of pyridine rings is 2. The summed E-state index contributed by atoms with van der Waals surface area (Å²) in [4.78, 5) is 20.5. The van der Waals surface area contributed by atoms with Gasteiger partial charge in [0.05, 0.1) is 11.4 Å². The Balaban J connectivity index is 1.81. The van der Waals surface area contributed by atoms with E-state index in [2.05, 4.69) is 20.8 Å². The molecule has 4 aromatic heterocycles. The summed E-state index contributed by atoms with van der Waals surface area (Å²) in [5.41, 5.74) is 13.7. The van der Waals surface area contributed by atoms with Crippen LogP contribution in [0, 0.1) is 13.8 Å². The van der Waals surface area contributed by atoms with Crippen molar-refractivity contribution in [1.29, 1.82) is 0 Å². The Bertz CT molecular complexity index is 1330. The maximum absolute atomic E-state index is 11.5. The lowest BCUT2D eigenvalue weighted by Gasteiger charge is -2.11. The quantitative estimate of drug-likeness (QED) is 0.531. The fourth-order valence-electron chi connectivity index (χ4n) is 4.00. The van der Waals surface area contributed by atoms with Gasteiger partial charge in [-0.2, -0.15) is 10.2 Å². The number of nitrogens with zero attached hydrogens (tertiary/aromatic N) is 6. The minimum Gasteiger partial charge on any atom is -0.366 e. The van der Waals surface area contributed by atoms with Crippen LogP contribution in [0.5, 0.6) is 0 Å². The first-order valence-corrected chi connectivity index (χ1v) is 9.88. The van der Waals surface area contributed by atoms with Gasteiger partial charge in [0.1, 0.15) is 12.0 Å². The molecule has 0 spiro atoms. The van der Waals surface area contributed by atoms with E-state index in [9.17, 15) is 4.79 Å². The van der Waals surface area contributed by atoms with Crippen LogP contribution in [0.2, 0.25) is 0 Å². The molecule has 0 saturated heterocycles. The normalized spacial score (nSPS) is 13.4. The number of rotatable bonds is 4. The molecule has 1 aliphatic heterocycles. The minimum atomic E-state index is -0.519. The lowest BCUT2D eigenvalue weighted by atomic mass is 9.97. The first-order valence-electron chi connectivity index (χ1n) is 9.88. The number of hydrogen-bond acceptors (Lipinski definition) is 5. The van der Waals surface area contributed by atoms with Crippen LogP contribution in [0.4, 0.5) is 0 Å². The zero-order valence-electron chi connectivity index (χ0n) is 16.8. The van der Waals surface area contributed by atoms with Gasteiger partial charge in [0.15, 0.2) is 5.65 Å². The Morgan fingerprint density at radius 3 is 2.87 bits per heavy atom. The second-order valence-corrected chi connectivity index (χ2v) is 7.49. The molecule has 0 atom stereocenters. The van der Waals surface area contributed by atoms with Crippen molar-refractivity contribution in [3.8, 4) is 22.5 Å². The van der Waals surface area contributed by atoms with Crippen LogP contribution in [0.1, 0.15) is 29.1 Å². The number of amides is 1. The Kier molecular flexibility index (Phi) is 4.20. The van der Waals surface area contributed by atoms with Gasteiger partial charge < -0.3 is 5.73 Å². The van der Waals surface area contributed by atoms with Crippen molar-refractivity contribution in [3.05, 3.63) is 59.3 Å². The number of hydrogen-bond donors (Lipinski definition) is 1. The number of carbonyl (C=O) groups excluding carboxylic acids is 1. The van der Waals surface area contributed by atoms with Gasteiger partial charge in [0, 0.05) is 35.1 Å². The third-order valence-corrected chi connectivity index (χ3v) is 5.59. The van der Waals surface area contributed by atoms with Crippen LogP contribution in [0.3, 0.4) is 0 Å². The Morgan fingerprint density at radius 1 is 1.20 bits per heavy atom. The number of fused-ring (bicyclic) bond motifs is 2. The summed E-state index contributed by atoms with van der Waals surface area (Å²) in [5.74, 6) is -0.519. The fraction of sp³-hybridized carbons (Fsp3) is 0.227. The highest BCUT2D eigenvalue weighted by atomic mass is 16.1. The molecule has 0 bridgehead atoms. The summed E-state index contributed by atoms with van der Waals surface area (Å²) in [6, 6.07) is 8.00. The Labute approximate surface area is 173 Å². The number of aryl methyl sites for hydroxylation is 3. The van der Waals surface area contributed by atoms with Crippen LogP contribution >= 0.6 is 0 Å². The second kappa shape index (κ2) is 6.91. The first-order chi connectivity index (χ1) is 14.5. The highest BCUT2D eigenvalue weighted by Crippen LogP contribution is 2.39. The van der Waals surface area contributed by atoms with E-state index in [1.807, 2.05) is 32.0 Å². The van der Waals surface area contributed by atoms with Crippen LogP contribution < -0.4 is 5.73 Å². The van der Waals surface area contributed by atoms with E-state index in [1.165, 1.54) is 18.1 Å². The summed E-state index contributed by atoms with van der Waals surface area (Å²) in [5, 5.41) is 9.25. The summed E-state index contributed by atoms with van der Waals surface area (Å²) in [6.07, 6.45) is 6.51. The van der Waals surface area contributed by atoms with Crippen LogP contribution in [0.15, 0.2) is 36.7 Å². The fourth-order valence-corrected chi connectivity index (χ4v) is 4.00. The van der Waals surface area contributed by atoms with Crippen molar-refractivity contribution >= 4 is 17.6 Å². The molecule has 5 heterocycles. The van der Waals surface area contributed by atoms with Crippen molar-refractivity contribution in [2.75, 3.05) is 0 Å². The second-order valence-electron chi connectivity index (χ2n) is 7.49. The molecular weight excluding hydrogens is 378 g/mol. The molecule has 150 valence electrons.